The van der Waals surface area contributed by atoms with Crippen LogP contribution in [0.3, 0.4) is 0 Å². The molecule has 0 amide bonds. The number of benzene rings is 2. The second-order valence-corrected chi connectivity index (χ2v) is 6.47. The fourth-order valence-corrected chi connectivity index (χ4v) is 2.92. The number of nitrogens with zero attached hydrogens (tertiary/aromatic N) is 2. The molecule has 0 saturated carbocycles. The van der Waals surface area contributed by atoms with Gasteiger partial charge in [0, 0.05) is 12.6 Å². The summed E-state index contributed by atoms with van der Waals surface area (Å²) in [6, 6.07) is 10.4. The smallest absolute Gasteiger partial charge is 0.348 e. The molecule has 7 heteroatoms. The minimum absolute atomic E-state index is 0.0158. The van der Waals surface area contributed by atoms with Gasteiger partial charge in [0.25, 0.3) is 0 Å². The highest BCUT2D eigenvalue weighted by Crippen LogP contribution is 2.37. The van der Waals surface area contributed by atoms with E-state index >= 15 is 0 Å². The molecule has 26 heavy (non-hydrogen) atoms. The molecule has 0 saturated heterocycles. The Morgan fingerprint density at radius 3 is 2.46 bits per heavy atom. The van der Waals surface area contributed by atoms with Crippen molar-refractivity contribution in [3.63, 3.8) is 0 Å². The molecule has 1 aromatic heterocycles. The van der Waals surface area contributed by atoms with Crippen molar-refractivity contribution in [2.24, 2.45) is 0 Å². The summed E-state index contributed by atoms with van der Waals surface area (Å²) in [7, 11) is 1.87. The fraction of sp³-hybridized carbons (Fsp3) is 0.263. The van der Waals surface area contributed by atoms with Gasteiger partial charge in [-0.1, -0.05) is 26.0 Å². The van der Waals surface area contributed by atoms with Gasteiger partial charge in [-0.3, -0.25) is 0 Å². The number of aromatic nitrogens is 3. The first-order valence-electron chi connectivity index (χ1n) is 8.40. The third kappa shape index (κ3) is 3.21. The van der Waals surface area contributed by atoms with Crippen LogP contribution in [0, 0.1) is 0 Å². The van der Waals surface area contributed by atoms with Crippen molar-refractivity contribution in [1.29, 1.82) is 0 Å². The number of nitrogens with one attached hydrogen (secondary N) is 2. The predicted octanol–water partition coefficient (Wildman–Crippen LogP) is 2.48. The first kappa shape index (κ1) is 17.8. The van der Waals surface area contributed by atoms with Crippen LogP contribution >= 0.6 is 0 Å². The zero-order valence-corrected chi connectivity index (χ0v) is 14.9. The number of aromatic amines is 1. The molecule has 0 unspecified atom stereocenters. The molecule has 136 valence electrons. The van der Waals surface area contributed by atoms with E-state index < -0.39 is 5.69 Å². The SMILES string of the molecule is CNCc1ccc(-n2c(-c3cc(C(C)C)c(O)cc3O)n[nH]c2=O)cc1. The lowest BCUT2D eigenvalue weighted by Gasteiger charge is -2.13. The Balaban J connectivity index is 2.14. The minimum atomic E-state index is -0.403. The van der Waals surface area contributed by atoms with Crippen LogP contribution in [0.4, 0.5) is 0 Å². The molecule has 3 rings (SSSR count). The Kier molecular flexibility index (Phi) is 4.81. The van der Waals surface area contributed by atoms with Gasteiger partial charge in [0.15, 0.2) is 5.82 Å². The molecule has 3 aromatic rings. The maximum Gasteiger partial charge on any atom is 0.348 e. The number of H-pyrrole nitrogens is 1. The molecule has 0 atom stereocenters. The highest BCUT2D eigenvalue weighted by atomic mass is 16.3. The maximum atomic E-state index is 12.3. The molecule has 7 nitrogen and oxygen atoms in total. The van der Waals surface area contributed by atoms with Crippen LogP contribution in [0.1, 0.15) is 30.9 Å². The van der Waals surface area contributed by atoms with E-state index in [9.17, 15) is 15.0 Å². The van der Waals surface area contributed by atoms with Crippen LogP contribution in [0.25, 0.3) is 17.1 Å². The minimum Gasteiger partial charge on any atom is -0.508 e. The zero-order valence-electron chi connectivity index (χ0n) is 14.9. The van der Waals surface area contributed by atoms with Crippen LogP contribution < -0.4 is 11.0 Å². The second kappa shape index (κ2) is 7.05. The summed E-state index contributed by atoms with van der Waals surface area (Å²) in [5.74, 6) is 0.214. The van der Waals surface area contributed by atoms with E-state index in [1.165, 1.54) is 10.6 Å². The van der Waals surface area contributed by atoms with Gasteiger partial charge in [-0.15, -0.1) is 0 Å². The van der Waals surface area contributed by atoms with Gasteiger partial charge in [0.1, 0.15) is 11.5 Å². The highest BCUT2D eigenvalue weighted by molar-refractivity contribution is 5.69. The summed E-state index contributed by atoms with van der Waals surface area (Å²) < 4.78 is 1.40. The number of aromatic hydroxyl groups is 2. The normalized spacial score (nSPS) is 11.2. The third-order valence-corrected chi connectivity index (χ3v) is 4.26. The molecular weight excluding hydrogens is 332 g/mol. The maximum absolute atomic E-state index is 12.3. The van der Waals surface area contributed by atoms with Gasteiger partial charge >= 0.3 is 5.69 Å². The number of hydrogen-bond acceptors (Lipinski definition) is 5. The molecule has 0 radical (unpaired) electrons. The Labute approximate surface area is 150 Å². The molecule has 0 fully saturated rings. The Bertz CT molecular complexity index is 971. The Morgan fingerprint density at radius 2 is 1.85 bits per heavy atom. The van der Waals surface area contributed by atoms with Crippen molar-refractivity contribution >= 4 is 0 Å². The van der Waals surface area contributed by atoms with E-state index in [1.807, 2.05) is 45.2 Å². The lowest BCUT2D eigenvalue weighted by Crippen LogP contribution is -2.16. The fourth-order valence-electron chi connectivity index (χ4n) is 2.92. The number of phenols is 2. The summed E-state index contributed by atoms with van der Waals surface area (Å²) in [5, 5.41) is 29.9. The van der Waals surface area contributed by atoms with E-state index in [-0.39, 0.29) is 23.2 Å². The van der Waals surface area contributed by atoms with Crippen molar-refractivity contribution in [2.75, 3.05) is 7.05 Å². The molecule has 0 aliphatic carbocycles. The summed E-state index contributed by atoms with van der Waals surface area (Å²) in [4.78, 5) is 12.3. The van der Waals surface area contributed by atoms with Crippen molar-refractivity contribution in [3.8, 4) is 28.6 Å². The van der Waals surface area contributed by atoms with Gasteiger partial charge in [-0.2, -0.15) is 5.10 Å². The van der Waals surface area contributed by atoms with Gasteiger partial charge in [0.2, 0.25) is 0 Å². The standard InChI is InChI=1S/C19H22N4O3/c1-11(2)14-8-15(17(25)9-16(14)24)18-21-22-19(26)23(18)13-6-4-12(5-7-13)10-20-3/h4-9,11,20,24-25H,10H2,1-3H3,(H,22,26). The second-order valence-electron chi connectivity index (χ2n) is 6.47. The average Bonchev–Trinajstić information content (AvgIpc) is 2.97. The summed E-state index contributed by atoms with van der Waals surface area (Å²) >= 11 is 0. The number of phenolic OH excluding ortho intramolecular Hbond substituents is 2. The quantitative estimate of drug-likeness (QED) is 0.564. The topological polar surface area (TPSA) is 103 Å². The summed E-state index contributed by atoms with van der Waals surface area (Å²) in [6.07, 6.45) is 0. The number of rotatable bonds is 5. The van der Waals surface area contributed by atoms with E-state index in [0.29, 0.717) is 16.8 Å². The highest BCUT2D eigenvalue weighted by Gasteiger charge is 2.19. The van der Waals surface area contributed by atoms with Crippen LogP contribution in [0.5, 0.6) is 11.5 Å². The first-order valence-corrected chi connectivity index (χ1v) is 8.40. The molecule has 0 aliphatic rings. The first-order chi connectivity index (χ1) is 12.4. The summed E-state index contributed by atoms with van der Waals surface area (Å²) in [5.41, 5.74) is 2.37. The largest absolute Gasteiger partial charge is 0.508 e. The zero-order chi connectivity index (χ0) is 18.8. The molecule has 1 heterocycles. The summed E-state index contributed by atoms with van der Waals surface area (Å²) in [6.45, 7) is 4.60. The van der Waals surface area contributed by atoms with Gasteiger partial charge in [-0.25, -0.2) is 14.5 Å². The van der Waals surface area contributed by atoms with Crippen LogP contribution in [0.15, 0.2) is 41.2 Å². The number of hydrogen-bond donors (Lipinski definition) is 4. The van der Waals surface area contributed by atoms with Crippen molar-refractivity contribution < 1.29 is 10.2 Å². The van der Waals surface area contributed by atoms with E-state index in [2.05, 4.69) is 15.5 Å². The lowest BCUT2D eigenvalue weighted by molar-refractivity contribution is 0.444. The Morgan fingerprint density at radius 1 is 1.15 bits per heavy atom. The molecule has 0 bridgehead atoms. The third-order valence-electron chi connectivity index (χ3n) is 4.26. The molecule has 4 N–H and O–H groups in total. The van der Waals surface area contributed by atoms with E-state index in [4.69, 9.17) is 0 Å². The average molecular weight is 354 g/mol. The van der Waals surface area contributed by atoms with Gasteiger partial charge < -0.3 is 15.5 Å². The van der Waals surface area contributed by atoms with Crippen LogP contribution in [0.2, 0.25) is 0 Å². The molecular formula is C19H22N4O3. The van der Waals surface area contributed by atoms with Crippen molar-refractivity contribution in [3.05, 3.63) is 58.0 Å². The van der Waals surface area contributed by atoms with Crippen LogP contribution in [-0.2, 0) is 6.54 Å². The van der Waals surface area contributed by atoms with Gasteiger partial charge in [-0.05, 0) is 42.3 Å². The van der Waals surface area contributed by atoms with Crippen LogP contribution in [-0.4, -0.2) is 32.0 Å². The van der Waals surface area contributed by atoms with Crippen molar-refractivity contribution in [2.45, 2.75) is 26.3 Å². The molecule has 0 aliphatic heterocycles. The Hall–Kier alpha value is -3.06. The molecule has 2 aromatic carbocycles. The van der Waals surface area contributed by atoms with Gasteiger partial charge in [0.05, 0.1) is 11.3 Å². The predicted molar refractivity (Wildman–Crippen MR) is 99.8 cm³/mol. The molecule has 0 spiro atoms. The van der Waals surface area contributed by atoms with E-state index in [0.717, 1.165) is 12.1 Å². The van der Waals surface area contributed by atoms with E-state index in [1.54, 1.807) is 6.07 Å². The lowest BCUT2D eigenvalue weighted by atomic mass is 9.98. The monoisotopic (exact) mass is 354 g/mol. The van der Waals surface area contributed by atoms with Crippen molar-refractivity contribution in [1.82, 2.24) is 20.1 Å².